The van der Waals surface area contributed by atoms with Gasteiger partial charge in [-0.05, 0) is 29.7 Å². The van der Waals surface area contributed by atoms with Crippen molar-refractivity contribution in [2.45, 2.75) is 24.7 Å². The van der Waals surface area contributed by atoms with Gasteiger partial charge in [-0.3, -0.25) is 14.5 Å². The van der Waals surface area contributed by atoms with Crippen molar-refractivity contribution in [3.63, 3.8) is 0 Å². The predicted octanol–water partition coefficient (Wildman–Crippen LogP) is 4.24. The Balaban J connectivity index is 1.92. The Morgan fingerprint density at radius 3 is 2.26 bits per heavy atom. The van der Waals surface area contributed by atoms with Gasteiger partial charge < -0.3 is 0 Å². The summed E-state index contributed by atoms with van der Waals surface area (Å²) in [6.07, 6.45) is 2.81. The summed E-state index contributed by atoms with van der Waals surface area (Å²) in [5.74, 6) is 0.0361. The van der Waals surface area contributed by atoms with Crippen LogP contribution in [0.4, 0.5) is 5.69 Å². The second-order valence-electron chi connectivity index (χ2n) is 6.45. The average Bonchev–Trinajstić information content (AvgIpc) is 2.68. The SMILES string of the molecule is CC(C)c1ccc(S(=O)(=O)Nc2cnccc2C(=O)c2ccccc2)cc1. The van der Waals surface area contributed by atoms with Crippen molar-refractivity contribution in [3.05, 3.63) is 89.7 Å². The fraction of sp³-hybridized carbons (Fsp3) is 0.143. The van der Waals surface area contributed by atoms with Crippen LogP contribution in [0.5, 0.6) is 0 Å². The summed E-state index contributed by atoms with van der Waals surface area (Å²) in [4.78, 5) is 16.8. The van der Waals surface area contributed by atoms with Gasteiger partial charge in [0.25, 0.3) is 10.0 Å². The van der Waals surface area contributed by atoms with Gasteiger partial charge in [0.1, 0.15) is 0 Å². The van der Waals surface area contributed by atoms with Crippen LogP contribution in [0, 0.1) is 0 Å². The van der Waals surface area contributed by atoms with E-state index in [2.05, 4.69) is 9.71 Å². The molecule has 0 aliphatic carbocycles. The third kappa shape index (κ3) is 4.23. The Labute approximate surface area is 159 Å². The number of aromatic nitrogens is 1. The zero-order valence-corrected chi connectivity index (χ0v) is 15.9. The van der Waals surface area contributed by atoms with E-state index in [1.54, 1.807) is 48.5 Å². The molecule has 3 aromatic rings. The van der Waals surface area contributed by atoms with Gasteiger partial charge in [-0.1, -0.05) is 56.3 Å². The van der Waals surface area contributed by atoms with Crippen molar-refractivity contribution < 1.29 is 13.2 Å². The van der Waals surface area contributed by atoms with Gasteiger partial charge in [0.2, 0.25) is 0 Å². The number of ketones is 1. The number of hydrogen-bond donors (Lipinski definition) is 1. The summed E-state index contributed by atoms with van der Waals surface area (Å²) in [6.45, 7) is 4.08. The Kier molecular flexibility index (Phi) is 5.37. The van der Waals surface area contributed by atoms with Crippen molar-refractivity contribution in [2.75, 3.05) is 4.72 Å². The standard InChI is InChI=1S/C21H20N2O3S/c1-15(2)16-8-10-18(11-9-16)27(25,26)23-20-14-22-13-12-19(20)21(24)17-6-4-3-5-7-17/h3-15,23H,1-2H3. The molecule has 0 aliphatic rings. The fourth-order valence-electron chi connectivity index (χ4n) is 2.65. The lowest BCUT2D eigenvalue weighted by atomic mass is 10.0. The van der Waals surface area contributed by atoms with E-state index in [1.165, 1.54) is 18.5 Å². The normalized spacial score (nSPS) is 11.4. The highest BCUT2D eigenvalue weighted by atomic mass is 32.2. The number of nitrogens with zero attached hydrogens (tertiary/aromatic N) is 1. The van der Waals surface area contributed by atoms with Crippen molar-refractivity contribution in [3.8, 4) is 0 Å². The highest BCUT2D eigenvalue weighted by Crippen LogP contribution is 2.23. The molecular formula is C21H20N2O3S. The molecule has 0 amide bonds. The molecule has 1 aromatic heterocycles. The summed E-state index contributed by atoms with van der Waals surface area (Å²) < 4.78 is 28.0. The molecule has 2 aromatic carbocycles. The summed E-state index contributed by atoms with van der Waals surface area (Å²) >= 11 is 0. The van der Waals surface area contributed by atoms with Crippen LogP contribution in [-0.2, 0) is 10.0 Å². The topological polar surface area (TPSA) is 76.1 Å². The number of sulfonamides is 1. The van der Waals surface area contributed by atoms with E-state index < -0.39 is 10.0 Å². The van der Waals surface area contributed by atoms with Crippen LogP contribution in [0.25, 0.3) is 0 Å². The maximum absolute atomic E-state index is 12.7. The molecule has 1 N–H and O–H groups in total. The summed E-state index contributed by atoms with van der Waals surface area (Å²) in [6, 6.07) is 16.9. The summed E-state index contributed by atoms with van der Waals surface area (Å²) in [7, 11) is -3.84. The van der Waals surface area contributed by atoms with Crippen LogP contribution < -0.4 is 4.72 Å². The minimum absolute atomic E-state index is 0.133. The molecule has 0 radical (unpaired) electrons. The first-order chi connectivity index (χ1) is 12.9. The first-order valence-corrected chi connectivity index (χ1v) is 10.0. The van der Waals surface area contributed by atoms with E-state index in [1.807, 2.05) is 19.9 Å². The number of hydrogen-bond acceptors (Lipinski definition) is 4. The predicted molar refractivity (Wildman–Crippen MR) is 105 cm³/mol. The monoisotopic (exact) mass is 380 g/mol. The quantitative estimate of drug-likeness (QED) is 0.649. The van der Waals surface area contributed by atoms with Crippen LogP contribution in [0.15, 0.2) is 78.0 Å². The molecule has 0 bridgehead atoms. The minimum Gasteiger partial charge on any atom is -0.289 e. The fourth-order valence-corrected chi connectivity index (χ4v) is 3.72. The number of carbonyl (C=O) groups excluding carboxylic acids is 1. The Morgan fingerprint density at radius 2 is 1.63 bits per heavy atom. The third-order valence-corrected chi connectivity index (χ3v) is 5.58. The second-order valence-corrected chi connectivity index (χ2v) is 8.13. The highest BCUT2D eigenvalue weighted by molar-refractivity contribution is 7.92. The molecule has 0 saturated carbocycles. The molecule has 3 rings (SSSR count). The van der Waals surface area contributed by atoms with Gasteiger partial charge >= 0.3 is 0 Å². The highest BCUT2D eigenvalue weighted by Gasteiger charge is 2.20. The van der Waals surface area contributed by atoms with Crippen LogP contribution >= 0.6 is 0 Å². The minimum atomic E-state index is -3.84. The van der Waals surface area contributed by atoms with Gasteiger partial charge in [-0.2, -0.15) is 0 Å². The molecule has 0 saturated heterocycles. The van der Waals surface area contributed by atoms with Gasteiger partial charge in [0.05, 0.1) is 16.8 Å². The average molecular weight is 380 g/mol. The molecule has 1 heterocycles. The largest absolute Gasteiger partial charge is 0.289 e. The number of nitrogens with one attached hydrogen (secondary N) is 1. The lowest BCUT2D eigenvalue weighted by molar-refractivity contribution is 0.103. The molecule has 0 unspecified atom stereocenters. The van der Waals surface area contributed by atoms with E-state index in [4.69, 9.17) is 0 Å². The smallest absolute Gasteiger partial charge is 0.261 e. The first-order valence-electron chi connectivity index (χ1n) is 8.55. The molecule has 5 nitrogen and oxygen atoms in total. The number of anilines is 1. The van der Waals surface area contributed by atoms with Crippen molar-refractivity contribution in [1.29, 1.82) is 0 Å². The van der Waals surface area contributed by atoms with Crippen LogP contribution in [-0.4, -0.2) is 19.2 Å². The lowest BCUT2D eigenvalue weighted by Crippen LogP contribution is -2.16. The third-order valence-electron chi connectivity index (χ3n) is 4.20. The van der Waals surface area contributed by atoms with Crippen LogP contribution in [0.1, 0.15) is 41.3 Å². The van der Waals surface area contributed by atoms with E-state index in [0.717, 1.165) is 5.56 Å². The maximum atomic E-state index is 12.7. The van der Waals surface area contributed by atoms with Crippen molar-refractivity contribution in [1.82, 2.24) is 4.98 Å². The van der Waals surface area contributed by atoms with Crippen LogP contribution in [0.3, 0.4) is 0 Å². The molecule has 138 valence electrons. The van der Waals surface area contributed by atoms with Crippen LogP contribution in [0.2, 0.25) is 0 Å². The molecule has 6 heteroatoms. The van der Waals surface area contributed by atoms with E-state index >= 15 is 0 Å². The maximum Gasteiger partial charge on any atom is 0.261 e. The molecule has 0 aliphatic heterocycles. The number of benzene rings is 2. The summed E-state index contributed by atoms with van der Waals surface area (Å²) in [5.41, 5.74) is 1.93. The zero-order valence-electron chi connectivity index (χ0n) is 15.1. The Hall–Kier alpha value is -2.99. The number of carbonyl (C=O) groups is 1. The molecule has 0 spiro atoms. The number of pyridine rings is 1. The number of rotatable bonds is 6. The van der Waals surface area contributed by atoms with Gasteiger partial charge in [0, 0.05) is 17.3 Å². The zero-order chi connectivity index (χ0) is 19.4. The van der Waals surface area contributed by atoms with E-state index in [-0.39, 0.29) is 21.9 Å². The molecule has 0 fully saturated rings. The lowest BCUT2D eigenvalue weighted by Gasteiger charge is -2.12. The van der Waals surface area contributed by atoms with Crippen molar-refractivity contribution >= 4 is 21.5 Å². The van der Waals surface area contributed by atoms with Crippen molar-refractivity contribution in [2.24, 2.45) is 0 Å². The first kappa shape index (κ1) is 18.8. The molecular weight excluding hydrogens is 360 g/mol. The Morgan fingerprint density at radius 1 is 0.963 bits per heavy atom. The van der Waals surface area contributed by atoms with Gasteiger partial charge in [-0.25, -0.2) is 8.42 Å². The molecule has 0 atom stereocenters. The summed E-state index contributed by atoms with van der Waals surface area (Å²) in [5, 5.41) is 0. The molecule has 27 heavy (non-hydrogen) atoms. The Bertz CT molecular complexity index is 1040. The second kappa shape index (κ2) is 7.72. The van der Waals surface area contributed by atoms with Gasteiger partial charge in [-0.15, -0.1) is 0 Å². The van der Waals surface area contributed by atoms with Gasteiger partial charge in [0.15, 0.2) is 5.78 Å². The van der Waals surface area contributed by atoms with E-state index in [9.17, 15) is 13.2 Å². The van der Waals surface area contributed by atoms with E-state index in [0.29, 0.717) is 11.5 Å².